The Balaban J connectivity index is 1.52. The molecule has 1 amide bonds. The molecule has 3 aromatic rings. The number of halogens is 1. The largest absolute Gasteiger partial charge is 0.486 e. The lowest BCUT2D eigenvalue weighted by molar-refractivity contribution is 0.0949. The molecule has 0 bridgehead atoms. The highest BCUT2D eigenvalue weighted by molar-refractivity contribution is 5.94. The molecule has 0 saturated heterocycles. The van der Waals surface area contributed by atoms with Gasteiger partial charge in [0.2, 0.25) is 0 Å². The third-order valence-electron chi connectivity index (χ3n) is 3.54. The Kier molecular flexibility index (Phi) is 5.03. The van der Waals surface area contributed by atoms with Crippen LogP contribution < -0.4 is 10.1 Å². The normalized spacial score (nSPS) is 10.5. The standard InChI is InChI=1S/C18H17FN4O2/c1-12-7-8-13(9-15(12)19)18(24)20-10-16-21-17(23-22-16)11-25-14-5-3-2-4-6-14/h2-9H,10-11H2,1H3,(H,20,24)(H,21,22,23). The molecule has 7 heteroatoms. The summed E-state index contributed by atoms with van der Waals surface area (Å²) in [5, 5.41) is 9.44. The SMILES string of the molecule is Cc1ccc(C(=O)NCc2n[nH]c(COc3ccccc3)n2)cc1F. The number of hydrogen-bond acceptors (Lipinski definition) is 4. The Bertz CT molecular complexity index is 865. The van der Waals surface area contributed by atoms with Gasteiger partial charge in [-0.1, -0.05) is 24.3 Å². The van der Waals surface area contributed by atoms with E-state index in [-0.39, 0.29) is 24.6 Å². The van der Waals surface area contributed by atoms with Crippen LogP contribution in [-0.2, 0) is 13.2 Å². The summed E-state index contributed by atoms with van der Waals surface area (Å²) in [7, 11) is 0. The highest BCUT2D eigenvalue weighted by Crippen LogP contribution is 2.11. The molecule has 0 unspecified atom stereocenters. The van der Waals surface area contributed by atoms with Crippen LogP contribution in [0.4, 0.5) is 4.39 Å². The zero-order valence-corrected chi connectivity index (χ0v) is 13.6. The first kappa shape index (κ1) is 16.6. The molecule has 3 rings (SSSR count). The highest BCUT2D eigenvalue weighted by Gasteiger charge is 2.10. The molecule has 0 spiro atoms. The van der Waals surface area contributed by atoms with E-state index in [9.17, 15) is 9.18 Å². The molecule has 2 N–H and O–H groups in total. The Morgan fingerprint density at radius 1 is 1.24 bits per heavy atom. The van der Waals surface area contributed by atoms with Gasteiger partial charge >= 0.3 is 0 Å². The van der Waals surface area contributed by atoms with Crippen molar-refractivity contribution in [3.63, 3.8) is 0 Å². The van der Waals surface area contributed by atoms with Crippen molar-refractivity contribution in [2.24, 2.45) is 0 Å². The number of nitrogens with zero attached hydrogens (tertiary/aromatic N) is 2. The Labute approximate surface area is 144 Å². The Morgan fingerprint density at radius 3 is 2.80 bits per heavy atom. The molecule has 0 atom stereocenters. The van der Waals surface area contributed by atoms with E-state index in [4.69, 9.17) is 4.74 Å². The molecular formula is C18H17FN4O2. The fourth-order valence-electron chi connectivity index (χ4n) is 2.14. The van der Waals surface area contributed by atoms with Crippen LogP contribution in [0.3, 0.4) is 0 Å². The quantitative estimate of drug-likeness (QED) is 0.723. The number of hydrogen-bond donors (Lipinski definition) is 2. The second-order valence-electron chi connectivity index (χ2n) is 5.45. The molecule has 0 radical (unpaired) electrons. The van der Waals surface area contributed by atoms with Crippen molar-refractivity contribution in [3.8, 4) is 5.75 Å². The Hall–Kier alpha value is -3.22. The maximum absolute atomic E-state index is 13.5. The monoisotopic (exact) mass is 340 g/mol. The minimum atomic E-state index is -0.411. The minimum Gasteiger partial charge on any atom is -0.486 e. The average Bonchev–Trinajstić information content (AvgIpc) is 3.09. The molecule has 0 fully saturated rings. The minimum absolute atomic E-state index is 0.135. The van der Waals surface area contributed by atoms with Gasteiger partial charge in [0.05, 0.1) is 6.54 Å². The highest BCUT2D eigenvalue weighted by atomic mass is 19.1. The van der Waals surface area contributed by atoms with E-state index in [1.54, 1.807) is 19.1 Å². The van der Waals surface area contributed by atoms with Gasteiger partial charge < -0.3 is 10.1 Å². The molecule has 2 aromatic carbocycles. The van der Waals surface area contributed by atoms with Gasteiger partial charge in [-0.25, -0.2) is 9.37 Å². The van der Waals surface area contributed by atoms with E-state index < -0.39 is 5.82 Å². The van der Waals surface area contributed by atoms with Crippen LogP contribution in [0.25, 0.3) is 0 Å². The van der Waals surface area contributed by atoms with Gasteiger partial charge in [0.15, 0.2) is 11.6 Å². The maximum atomic E-state index is 13.5. The van der Waals surface area contributed by atoms with E-state index in [1.165, 1.54) is 6.07 Å². The molecule has 0 aliphatic rings. The Morgan fingerprint density at radius 2 is 2.04 bits per heavy atom. The topological polar surface area (TPSA) is 79.9 Å². The second-order valence-corrected chi connectivity index (χ2v) is 5.45. The number of para-hydroxylation sites is 1. The summed E-state index contributed by atoms with van der Waals surface area (Å²) >= 11 is 0. The molecule has 128 valence electrons. The van der Waals surface area contributed by atoms with E-state index in [0.717, 1.165) is 5.75 Å². The van der Waals surface area contributed by atoms with Crippen molar-refractivity contribution in [1.82, 2.24) is 20.5 Å². The third kappa shape index (κ3) is 4.41. The molecule has 0 saturated carbocycles. The number of carbonyl (C=O) groups excluding carboxylic acids is 1. The van der Waals surface area contributed by atoms with E-state index in [1.807, 2.05) is 30.3 Å². The summed E-state index contributed by atoms with van der Waals surface area (Å²) < 4.78 is 19.1. The van der Waals surface area contributed by atoms with Crippen molar-refractivity contribution in [2.75, 3.05) is 0 Å². The van der Waals surface area contributed by atoms with Gasteiger partial charge in [-0.15, -0.1) is 0 Å². The number of aromatic amines is 1. The predicted molar refractivity (Wildman–Crippen MR) is 89.5 cm³/mol. The van der Waals surface area contributed by atoms with Crippen LogP contribution in [0.5, 0.6) is 5.75 Å². The average molecular weight is 340 g/mol. The number of H-pyrrole nitrogens is 1. The predicted octanol–water partition coefficient (Wildman–Crippen LogP) is 2.76. The number of carbonyl (C=O) groups is 1. The number of amides is 1. The van der Waals surface area contributed by atoms with Crippen LogP contribution in [0.1, 0.15) is 27.6 Å². The molecular weight excluding hydrogens is 323 g/mol. The van der Waals surface area contributed by atoms with Crippen molar-refractivity contribution < 1.29 is 13.9 Å². The number of aryl methyl sites for hydroxylation is 1. The van der Waals surface area contributed by atoms with E-state index in [2.05, 4.69) is 20.5 Å². The van der Waals surface area contributed by atoms with Crippen LogP contribution in [0, 0.1) is 12.7 Å². The smallest absolute Gasteiger partial charge is 0.251 e. The third-order valence-corrected chi connectivity index (χ3v) is 3.54. The van der Waals surface area contributed by atoms with Crippen LogP contribution in [-0.4, -0.2) is 21.1 Å². The molecule has 6 nitrogen and oxygen atoms in total. The van der Waals surface area contributed by atoms with Crippen LogP contribution in [0.2, 0.25) is 0 Å². The molecule has 1 heterocycles. The van der Waals surface area contributed by atoms with Crippen molar-refractivity contribution in [2.45, 2.75) is 20.1 Å². The van der Waals surface area contributed by atoms with Crippen molar-refractivity contribution >= 4 is 5.91 Å². The fraction of sp³-hybridized carbons (Fsp3) is 0.167. The van der Waals surface area contributed by atoms with Gasteiger partial charge in [0, 0.05) is 5.56 Å². The zero-order valence-electron chi connectivity index (χ0n) is 13.6. The van der Waals surface area contributed by atoms with Crippen LogP contribution >= 0.6 is 0 Å². The van der Waals surface area contributed by atoms with Gasteiger partial charge in [0.25, 0.3) is 5.91 Å². The first-order valence-corrected chi connectivity index (χ1v) is 7.74. The molecule has 25 heavy (non-hydrogen) atoms. The summed E-state index contributed by atoms with van der Waals surface area (Å²) in [6, 6.07) is 13.7. The number of nitrogens with one attached hydrogen (secondary N) is 2. The van der Waals surface area contributed by atoms with Gasteiger partial charge in [-0.3, -0.25) is 9.89 Å². The van der Waals surface area contributed by atoms with Gasteiger partial charge in [-0.05, 0) is 36.8 Å². The molecule has 0 aliphatic carbocycles. The number of aromatic nitrogens is 3. The van der Waals surface area contributed by atoms with E-state index in [0.29, 0.717) is 17.2 Å². The molecule has 0 aliphatic heterocycles. The second kappa shape index (κ2) is 7.57. The van der Waals surface area contributed by atoms with Gasteiger partial charge in [0.1, 0.15) is 18.2 Å². The lowest BCUT2D eigenvalue weighted by atomic mass is 10.1. The lowest BCUT2D eigenvalue weighted by Crippen LogP contribution is -2.23. The summed E-state index contributed by atoms with van der Waals surface area (Å²) in [6.07, 6.45) is 0. The number of ether oxygens (including phenoxy) is 1. The van der Waals surface area contributed by atoms with E-state index >= 15 is 0 Å². The summed E-state index contributed by atoms with van der Waals surface area (Å²) in [4.78, 5) is 16.3. The summed E-state index contributed by atoms with van der Waals surface area (Å²) in [5.41, 5.74) is 0.750. The lowest BCUT2D eigenvalue weighted by Gasteiger charge is -2.04. The first-order chi connectivity index (χ1) is 12.1. The van der Waals surface area contributed by atoms with Gasteiger partial charge in [-0.2, -0.15) is 5.10 Å². The van der Waals surface area contributed by atoms with Crippen molar-refractivity contribution in [1.29, 1.82) is 0 Å². The molecule has 1 aromatic heterocycles. The number of rotatable bonds is 6. The van der Waals surface area contributed by atoms with Crippen LogP contribution in [0.15, 0.2) is 48.5 Å². The zero-order chi connectivity index (χ0) is 17.6. The number of benzene rings is 2. The van der Waals surface area contributed by atoms with Crippen molar-refractivity contribution in [3.05, 3.63) is 77.1 Å². The maximum Gasteiger partial charge on any atom is 0.251 e. The summed E-state index contributed by atoms with van der Waals surface area (Å²) in [6.45, 7) is 2.02. The summed E-state index contributed by atoms with van der Waals surface area (Å²) in [5.74, 6) is 0.911. The first-order valence-electron chi connectivity index (χ1n) is 7.74. The fourth-order valence-corrected chi connectivity index (χ4v) is 2.14.